The molecule has 0 aliphatic carbocycles. The fourth-order valence-electron chi connectivity index (χ4n) is 3.34. The van der Waals surface area contributed by atoms with Crippen molar-refractivity contribution in [2.24, 2.45) is 11.8 Å². The normalized spacial score (nSPS) is 20.1. The molecule has 0 atom stereocenters. The van der Waals surface area contributed by atoms with Crippen molar-refractivity contribution in [3.05, 3.63) is 11.9 Å². The second kappa shape index (κ2) is 6.83. The average molecular weight is 310 g/mol. The lowest BCUT2D eigenvalue weighted by Crippen LogP contribution is -2.36. The minimum absolute atomic E-state index is 0.179. The van der Waals surface area contributed by atoms with Gasteiger partial charge in [0.05, 0.1) is 12.1 Å². The van der Waals surface area contributed by atoms with Crippen LogP contribution in [0.3, 0.4) is 0 Å². The Balaban J connectivity index is 1.73. The van der Waals surface area contributed by atoms with E-state index in [0.29, 0.717) is 0 Å². The van der Waals surface area contributed by atoms with E-state index in [1.807, 2.05) is 6.92 Å². The van der Waals surface area contributed by atoms with Crippen molar-refractivity contribution in [3.8, 4) is 12.1 Å². The third-order valence-electron chi connectivity index (χ3n) is 4.81. The third kappa shape index (κ3) is 3.53. The number of piperidine rings is 2. The molecule has 0 radical (unpaired) electrons. The summed E-state index contributed by atoms with van der Waals surface area (Å²) in [5, 5.41) is 18.0. The molecule has 0 spiro atoms. The first-order valence-electron chi connectivity index (χ1n) is 8.34. The fraction of sp³-hybridized carbons (Fsp3) is 0.647. The van der Waals surface area contributed by atoms with Crippen LogP contribution in [0.5, 0.6) is 0 Å². The SMILES string of the molecule is Cc1nc(N2CCC(C#N)CC2)cc(N2CCC(C#N)CC2)n1. The van der Waals surface area contributed by atoms with Gasteiger partial charge in [-0.25, -0.2) is 9.97 Å². The van der Waals surface area contributed by atoms with E-state index in [-0.39, 0.29) is 11.8 Å². The molecule has 120 valence electrons. The number of hydrogen-bond acceptors (Lipinski definition) is 6. The molecule has 0 unspecified atom stereocenters. The van der Waals surface area contributed by atoms with Gasteiger partial charge in [0.15, 0.2) is 0 Å². The zero-order valence-corrected chi connectivity index (χ0v) is 13.6. The fourth-order valence-corrected chi connectivity index (χ4v) is 3.34. The van der Waals surface area contributed by atoms with Crippen LogP contribution in [0.1, 0.15) is 31.5 Å². The molecule has 0 amide bonds. The Labute approximate surface area is 137 Å². The Morgan fingerprint density at radius 3 is 1.61 bits per heavy atom. The van der Waals surface area contributed by atoms with Crippen LogP contribution in [-0.2, 0) is 0 Å². The number of nitriles is 2. The standard InChI is InChI=1S/C17H22N6/c1-13-20-16(22-6-2-14(11-18)3-7-22)10-17(21-13)23-8-4-15(12-19)5-9-23/h10,14-15H,2-9H2,1H3. The van der Waals surface area contributed by atoms with Crippen molar-refractivity contribution in [3.63, 3.8) is 0 Å². The van der Waals surface area contributed by atoms with Gasteiger partial charge in [-0.2, -0.15) is 10.5 Å². The quantitative estimate of drug-likeness (QED) is 0.833. The molecule has 6 heteroatoms. The van der Waals surface area contributed by atoms with Crippen molar-refractivity contribution in [2.75, 3.05) is 36.0 Å². The van der Waals surface area contributed by atoms with Gasteiger partial charge in [-0.3, -0.25) is 0 Å². The van der Waals surface area contributed by atoms with E-state index in [1.165, 1.54) is 0 Å². The molecule has 0 bridgehead atoms. The van der Waals surface area contributed by atoms with Gasteiger partial charge in [-0.05, 0) is 32.6 Å². The molecule has 6 nitrogen and oxygen atoms in total. The van der Waals surface area contributed by atoms with Crippen LogP contribution in [0.15, 0.2) is 6.07 Å². The highest BCUT2D eigenvalue weighted by Gasteiger charge is 2.23. The van der Waals surface area contributed by atoms with E-state index in [2.05, 4.69) is 38.0 Å². The smallest absolute Gasteiger partial charge is 0.134 e. The van der Waals surface area contributed by atoms with Gasteiger partial charge < -0.3 is 9.80 Å². The maximum absolute atomic E-state index is 9.02. The van der Waals surface area contributed by atoms with Crippen molar-refractivity contribution in [1.29, 1.82) is 10.5 Å². The molecule has 2 saturated heterocycles. The highest BCUT2D eigenvalue weighted by Crippen LogP contribution is 2.27. The van der Waals surface area contributed by atoms with Crippen LogP contribution < -0.4 is 9.80 Å². The molecular formula is C17H22N6. The zero-order valence-electron chi connectivity index (χ0n) is 13.6. The van der Waals surface area contributed by atoms with Crippen LogP contribution in [0.4, 0.5) is 11.6 Å². The van der Waals surface area contributed by atoms with Crippen LogP contribution in [0.25, 0.3) is 0 Å². The third-order valence-corrected chi connectivity index (χ3v) is 4.81. The van der Waals surface area contributed by atoms with E-state index in [4.69, 9.17) is 10.5 Å². The van der Waals surface area contributed by atoms with Crippen LogP contribution in [0.2, 0.25) is 0 Å². The number of nitrogens with zero attached hydrogens (tertiary/aromatic N) is 6. The molecule has 0 saturated carbocycles. The van der Waals surface area contributed by atoms with Gasteiger partial charge in [0, 0.05) is 44.1 Å². The highest BCUT2D eigenvalue weighted by molar-refractivity contribution is 5.51. The lowest BCUT2D eigenvalue weighted by molar-refractivity contribution is 0.480. The van der Waals surface area contributed by atoms with Gasteiger partial charge in [0.25, 0.3) is 0 Å². The van der Waals surface area contributed by atoms with Gasteiger partial charge in [0.1, 0.15) is 17.5 Å². The summed E-state index contributed by atoms with van der Waals surface area (Å²) in [5.74, 6) is 3.07. The number of hydrogen-bond donors (Lipinski definition) is 0. The molecule has 2 fully saturated rings. The molecule has 1 aromatic heterocycles. The zero-order chi connectivity index (χ0) is 16.2. The molecule has 3 rings (SSSR count). The van der Waals surface area contributed by atoms with Gasteiger partial charge in [-0.1, -0.05) is 0 Å². The largest absolute Gasteiger partial charge is 0.356 e. The number of rotatable bonds is 2. The summed E-state index contributed by atoms with van der Waals surface area (Å²) in [6.07, 6.45) is 3.62. The highest BCUT2D eigenvalue weighted by atomic mass is 15.2. The maximum atomic E-state index is 9.02. The Bertz CT molecular complexity index is 575. The minimum Gasteiger partial charge on any atom is -0.356 e. The van der Waals surface area contributed by atoms with E-state index >= 15 is 0 Å². The second-order valence-corrected chi connectivity index (χ2v) is 6.41. The van der Waals surface area contributed by atoms with Gasteiger partial charge in [0.2, 0.25) is 0 Å². The summed E-state index contributed by atoms with van der Waals surface area (Å²) in [7, 11) is 0. The molecule has 2 aliphatic heterocycles. The number of aromatic nitrogens is 2. The molecule has 0 N–H and O–H groups in total. The van der Waals surface area contributed by atoms with Crippen LogP contribution in [0, 0.1) is 41.4 Å². The molecule has 23 heavy (non-hydrogen) atoms. The number of aryl methyl sites for hydroxylation is 1. The Kier molecular flexibility index (Phi) is 4.62. The predicted octanol–water partition coefficient (Wildman–Crippen LogP) is 2.26. The first kappa shape index (κ1) is 15.6. The predicted molar refractivity (Wildman–Crippen MR) is 87.9 cm³/mol. The molecule has 3 heterocycles. The summed E-state index contributed by atoms with van der Waals surface area (Å²) in [6.45, 7) is 5.45. The maximum Gasteiger partial charge on any atom is 0.134 e. The van der Waals surface area contributed by atoms with Gasteiger partial charge in [-0.15, -0.1) is 0 Å². The summed E-state index contributed by atoms with van der Waals surface area (Å²) in [5.41, 5.74) is 0. The lowest BCUT2D eigenvalue weighted by atomic mass is 9.98. The Hall–Kier alpha value is -2.34. The molecule has 0 aromatic carbocycles. The van der Waals surface area contributed by atoms with E-state index in [0.717, 1.165) is 69.3 Å². The second-order valence-electron chi connectivity index (χ2n) is 6.41. The minimum atomic E-state index is 0.179. The van der Waals surface area contributed by atoms with Crippen molar-refractivity contribution in [2.45, 2.75) is 32.6 Å². The Morgan fingerprint density at radius 1 is 0.870 bits per heavy atom. The van der Waals surface area contributed by atoms with Gasteiger partial charge >= 0.3 is 0 Å². The summed E-state index contributed by atoms with van der Waals surface area (Å²) in [6, 6.07) is 6.79. The number of anilines is 2. The monoisotopic (exact) mass is 310 g/mol. The van der Waals surface area contributed by atoms with Crippen molar-refractivity contribution in [1.82, 2.24) is 9.97 Å². The lowest BCUT2D eigenvalue weighted by Gasteiger charge is -2.33. The van der Waals surface area contributed by atoms with Crippen LogP contribution >= 0.6 is 0 Å². The van der Waals surface area contributed by atoms with E-state index < -0.39 is 0 Å². The average Bonchev–Trinajstić information content (AvgIpc) is 2.61. The topological polar surface area (TPSA) is 79.8 Å². The summed E-state index contributed by atoms with van der Waals surface area (Å²) < 4.78 is 0. The first-order valence-corrected chi connectivity index (χ1v) is 8.34. The molecule has 1 aromatic rings. The van der Waals surface area contributed by atoms with Crippen molar-refractivity contribution < 1.29 is 0 Å². The Morgan fingerprint density at radius 2 is 1.26 bits per heavy atom. The summed E-state index contributed by atoms with van der Waals surface area (Å²) in [4.78, 5) is 13.7. The van der Waals surface area contributed by atoms with Crippen LogP contribution in [-0.4, -0.2) is 36.1 Å². The van der Waals surface area contributed by atoms with E-state index in [1.54, 1.807) is 0 Å². The summed E-state index contributed by atoms with van der Waals surface area (Å²) >= 11 is 0. The molecular weight excluding hydrogens is 288 g/mol. The van der Waals surface area contributed by atoms with E-state index in [9.17, 15) is 0 Å². The van der Waals surface area contributed by atoms with Crippen molar-refractivity contribution >= 4 is 11.6 Å². The first-order chi connectivity index (χ1) is 11.2. The molecule has 2 aliphatic rings.